The fourth-order valence-electron chi connectivity index (χ4n) is 6.49. The highest BCUT2D eigenvalue weighted by atomic mass is 16.2. The molecule has 1 saturated heterocycles. The molecule has 3 aromatic rings. The van der Waals surface area contributed by atoms with Gasteiger partial charge >= 0.3 is 0 Å². The van der Waals surface area contributed by atoms with Crippen LogP contribution in [0.5, 0.6) is 0 Å². The van der Waals surface area contributed by atoms with E-state index in [1.165, 1.54) is 32.7 Å². The molecule has 0 radical (unpaired) electrons. The van der Waals surface area contributed by atoms with Crippen LogP contribution in [-0.4, -0.2) is 11.8 Å². The van der Waals surface area contributed by atoms with Gasteiger partial charge in [0.15, 0.2) is 0 Å². The number of hydrogen-bond acceptors (Lipinski definition) is 2. The fourth-order valence-corrected chi connectivity index (χ4v) is 6.49. The summed E-state index contributed by atoms with van der Waals surface area (Å²) in [7, 11) is 0. The lowest BCUT2D eigenvalue weighted by atomic mass is 9.54. The van der Waals surface area contributed by atoms with Crippen molar-refractivity contribution in [2.75, 3.05) is 4.90 Å². The van der Waals surface area contributed by atoms with Crippen molar-refractivity contribution < 1.29 is 9.59 Å². The number of aryl methyl sites for hydroxylation is 2. The van der Waals surface area contributed by atoms with Crippen LogP contribution < -0.4 is 4.90 Å². The van der Waals surface area contributed by atoms with Gasteiger partial charge in [-0.2, -0.15) is 0 Å². The predicted molar refractivity (Wildman–Crippen MR) is 131 cm³/mol. The second-order valence-corrected chi connectivity index (χ2v) is 11.0. The van der Waals surface area contributed by atoms with Crippen LogP contribution in [0.15, 0.2) is 60.7 Å². The third kappa shape index (κ3) is 2.68. The molecule has 4 aliphatic rings. The number of benzene rings is 3. The molecular formula is C30H29NO2. The molecule has 0 aromatic heterocycles. The lowest BCUT2D eigenvalue weighted by molar-refractivity contribution is -0.122. The van der Waals surface area contributed by atoms with Gasteiger partial charge in [-0.3, -0.25) is 9.59 Å². The zero-order chi connectivity index (χ0) is 23.2. The highest BCUT2D eigenvalue weighted by molar-refractivity contribution is 6.23. The third-order valence-corrected chi connectivity index (χ3v) is 8.00. The number of rotatable bonds is 1. The molecule has 3 heteroatoms. The van der Waals surface area contributed by atoms with Gasteiger partial charge in [0.25, 0.3) is 0 Å². The summed E-state index contributed by atoms with van der Waals surface area (Å²) in [4.78, 5) is 29.4. The van der Waals surface area contributed by atoms with Crippen LogP contribution in [-0.2, 0) is 15.0 Å². The quantitative estimate of drug-likeness (QED) is 0.440. The minimum Gasteiger partial charge on any atom is -0.274 e. The Morgan fingerprint density at radius 1 is 0.697 bits per heavy atom. The van der Waals surface area contributed by atoms with Crippen molar-refractivity contribution in [3.05, 3.63) is 99.6 Å². The minimum absolute atomic E-state index is 0.0190. The van der Waals surface area contributed by atoms with Crippen LogP contribution >= 0.6 is 0 Å². The number of hydrogen-bond donors (Lipinski definition) is 0. The molecule has 1 aliphatic heterocycles. The van der Waals surface area contributed by atoms with E-state index in [9.17, 15) is 9.59 Å². The normalized spacial score (nSPS) is 25.2. The Morgan fingerprint density at radius 2 is 1.27 bits per heavy atom. The van der Waals surface area contributed by atoms with E-state index in [0.717, 1.165) is 16.8 Å². The molecule has 2 amide bonds. The smallest absolute Gasteiger partial charge is 0.238 e. The van der Waals surface area contributed by atoms with Gasteiger partial charge in [-0.25, -0.2) is 4.90 Å². The van der Waals surface area contributed by atoms with Gasteiger partial charge in [-0.15, -0.1) is 0 Å². The molecule has 2 bridgehead atoms. The van der Waals surface area contributed by atoms with Gasteiger partial charge < -0.3 is 0 Å². The van der Waals surface area contributed by atoms with E-state index in [0.29, 0.717) is 0 Å². The van der Waals surface area contributed by atoms with E-state index < -0.39 is 0 Å². The molecule has 7 rings (SSSR count). The summed E-state index contributed by atoms with van der Waals surface area (Å²) in [6, 6.07) is 21.1. The molecule has 0 spiro atoms. The largest absolute Gasteiger partial charge is 0.274 e. The Hall–Kier alpha value is -3.20. The Labute approximate surface area is 195 Å². The molecule has 1 heterocycles. The Kier molecular flexibility index (Phi) is 4.12. The van der Waals surface area contributed by atoms with Crippen molar-refractivity contribution in [1.29, 1.82) is 0 Å². The fraction of sp³-hybridized carbons (Fsp3) is 0.333. The molecule has 4 atom stereocenters. The van der Waals surface area contributed by atoms with Crippen LogP contribution in [0.2, 0.25) is 0 Å². The topological polar surface area (TPSA) is 37.4 Å². The van der Waals surface area contributed by atoms with Crippen LogP contribution in [0, 0.1) is 25.7 Å². The van der Waals surface area contributed by atoms with E-state index in [1.54, 1.807) is 0 Å². The third-order valence-electron chi connectivity index (χ3n) is 8.00. The summed E-state index contributed by atoms with van der Waals surface area (Å²) in [5.74, 6) is -0.944. The Balaban J connectivity index is 1.56. The van der Waals surface area contributed by atoms with Gasteiger partial charge in [0.1, 0.15) is 0 Å². The first-order valence-corrected chi connectivity index (χ1v) is 11.9. The molecule has 3 nitrogen and oxygen atoms in total. The lowest BCUT2D eigenvalue weighted by Crippen LogP contribution is -2.41. The number of amides is 2. The van der Waals surface area contributed by atoms with Gasteiger partial charge in [0, 0.05) is 11.8 Å². The maximum atomic E-state index is 14.0. The number of nitrogens with zero attached hydrogens (tertiary/aromatic N) is 1. The zero-order valence-electron chi connectivity index (χ0n) is 19.8. The van der Waals surface area contributed by atoms with E-state index in [-0.39, 0.29) is 40.9 Å². The van der Waals surface area contributed by atoms with Crippen LogP contribution in [0.25, 0.3) is 0 Å². The summed E-state index contributed by atoms with van der Waals surface area (Å²) >= 11 is 0. The highest BCUT2D eigenvalue weighted by Crippen LogP contribution is 2.61. The van der Waals surface area contributed by atoms with Crippen LogP contribution in [0.1, 0.15) is 71.6 Å². The van der Waals surface area contributed by atoms with E-state index in [2.05, 4.69) is 63.2 Å². The first-order valence-electron chi connectivity index (χ1n) is 11.9. The monoisotopic (exact) mass is 435 g/mol. The second kappa shape index (κ2) is 6.66. The number of carbonyl (C=O) groups excluding carboxylic acids is 2. The minimum atomic E-state index is -0.346. The maximum absolute atomic E-state index is 14.0. The number of imide groups is 1. The van der Waals surface area contributed by atoms with E-state index in [4.69, 9.17) is 0 Å². The van der Waals surface area contributed by atoms with Crippen molar-refractivity contribution >= 4 is 17.5 Å². The number of carbonyl (C=O) groups is 2. The van der Waals surface area contributed by atoms with E-state index in [1.807, 2.05) is 32.0 Å². The first-order chi connectivity index (χ1) is 15.7. The summed E-state index contributed by atoms with van der Waals surface area (Å²) in [5.41, 5.74) is 8.99. The van der Waals surface area contributed by atoms with Gasteiger partial charge in [-0.05, 0) is 58.7 Å². The average Bonchev–Trinajstić information content (AvgIpc) is 3.04. The molecule has 33 heavy (non-hydrogen) atoms. The molecule has 0 unspecified atom stereocenters. The molecule has 0 saturated carbocycles. The standard InChI is InChI=1S/C30H29NO2/c1-16-10-13-23(17(2)14-16)31-28(32)26-24-19-8-6-7-9-20(19)25(27(26)29(31)33)22-15-18(30(3,4)5)11-12-21(22)24/h6-15,24-27H,1-5H3/t24-,25-,26+,27+/m1/s1. The summed E-state index contributed by atoms with van der Waals surface area (Å²) in [6.45, 7) is 10.7. The zero-order valence-corrected chi connectivity index (χ0v) is 19.8. The van der Waals surface area contributed by atoms with Crippen LogP contribution in [0.3, 0.4) is 0 Å². The van der Waals surface area contributed by atoms with E-state index >= 15 is 0 Å². The highest BCUT2D eigenvalue weighted by Gasteiger charge is 2.62. The van der Waals surface area contributed by atoms with Gasteiger partial charge in [0.2, 0.25) is 11.8 Å². The summed E-state index contributed by atoms with van der Waals surface area (Å²) in [6.07, 6.45) is 0. The van der Waals surface area contributed by atoms with Crippen molar-refractivity contribution in [3.63, 3.8) is 0 Å². The number of anilines is 1. The molecule has 1 fully saturated rings. The first kappa shape index (κ1) is 20.4. The van der Waals surface area contributed by atoms with Crippen molar-refractivity contribution in [3.8, 4) is 0 Å². The lowest BCUT2D eigenvalue weighted by Gasteiger charge is -2.46. The van der Waals surface area contributed by atoms with Gasteiger partial charge in [-0.1, -0.05) is 80.9 Å². The molecule has 0 N–H and O–H groups in total. The maximum Gasteiger partial charge on any atom is 0.238 e. The van der Waals surface area contributed by atoms with Crippen LogP contribution in [0.4, 0.5) is 5.69 Å². The molecular weight excluding hydrogens is 406 g/mol. The SMILES string of the molecule is Cc1ccc(N2C(=O)[C@H]3[C@@H]4c5ccccc5[C@H](c5cc(C(C)(C)C)ccc54)[C@@H]3C2=O)c(C)c1. The Bertz CT molecular complexity index is 1350. The summed E-state index contributed by atoms with van der Waals surface area (Å²) in [5, 5.41) is 0. The second-order valence-electron chi connectivity index (χ2n) is 11.0. The molecule has 3 aromatic carbocycles. The average molecular weight is 436 g/mol. The van der Waals surface area contributed by atoms with Crippen molar-refractivity contribution in [2.24, 2.45) is 11.8 Å². The molecule has 166 valence electrons. The van der Waals surface area contributed by atoms with Crippen molar-refractivity contribution in [2.45, 2.75) is 51.9 Å². The van der Waals surface area contributed by atoms with Crippen molar-refractivity contribution in [1.82, 2.24) is 0 Å². The van der Waals surface area contributed by atoms with Gasteiger partial charge in [0.05, 0.1) is 17.5 Å². The summed E-state index contributed by atoms with van der Waals surface area (Å²) < 4.78 is 0. The molecule has 3 aliphatic carbocycles. The Morgan fingerprint density at radius 3 is 1.85 bits per heavy atom. The predicted octanol–water partition coefficient (Wildman–Crippen LogP) is 6.00.